The van der Waals surface area contributed by atoms with Crippen molar-refractivity contribution >= 4 is 5.91 Å². The van der Waals surface area contributed by atoms with Crippen LogP contribution in [0.25, 0.3) is 0 Å². The molecule has 138 valence electrons. The minimum Gasteiger partial charge on any atom is -0.353 e. The molecule has 0 atom stereocenters. The summed E-state index contributed by atoms with van der Waals surface area (Å²) in [7, 11) is 0. The van der Waals surface area contributed by atoms with E-state index in [0.29, 0.717) is 11.9 Å². The lowest BCUT2D eigenvalue weighted by molar-refractivity contribution is -0.127. The van der Waals surface area contributed by atoms with Crippen LogP contribution in [0.4, 0.5) is 0 Å². The Hall–Kier alpha value is -0.610. The highest BCUT2D eigenvalue weighted by Crippen LogP contribution is 2.25. The van der Waals surface area contributed by atoms with E-state index in [0.717, 1.165) is 32.0 Å². The van der Waals surface area contributed by atoms with Crippen molar-refractivity contribution < 1.29 is 4.79 Å². The van der Waals surface area contributed by atoms with E-state index in [2.05, 4.69) is 22.0 Å². The highest BCUT2D eigenvalue weighted by Gasteiger charge is 2.31. The summed E-state index contributed by atoms with van der Waals surface area (Å²) in [5.41, 5.74) is 0. The van der Waals surface area contributed by atoms with Crippen molar-refractivity contribution in [3.05, 3.63) is 0 Å². The van der Waals surface area contributed by atoms with Gasteiger partial charge in [0.2, 0.25) is 5.91 Å². The van der Waals surface area contributed by atoms with Crippen molar-refractivity contribution in [3.63, 3.8) is 0 Å². The molecule has 0 aromatic carbocycles. The Morgan fingerprint density at radius 3 is 2.21 bits per heavy atom. The van der Waals surface area contributed by atoms with Gasteiger partial charge in [-0.25, -0.2) is 0 Å². The second kappa shape index (κ2) is 9.19. The van der Waals surface area contributed by atoms with Crippen LogP contribution in [0.5, 0.6) is 0 Å². The smallest absolute Gasteiger partial charge is 0.223 e. The van der Waals surface area contributed by atoms with Crippen LogP contribution < -0.4 is 5.32 Å². The van der Waals surface area contributed by atoms with Gasteiger partial charge in [-0.2, -0.15) is 0 Å². The summed E-state index contributed by atoms with van der Waals surface area (Å²) >= 11 is 0. The molecule has 2 heterocycles. The lowest BCUT2D eigenvalue weighted by atomic mass is 9.91. The second-order valence-electron chi connectivity index (χ2n) is 8.23. The second-order valence-corrected chi connectivity index (χ2v) is 8.23. The Labute approximate surface area is 148 Å². The van der Waals surface area contributed by atoms with Crippen molar-refractivity contribution in [2.75, 3.05) is 32.7 Å². The molecule has 3 aliphatic rings. The van der Waals surface area contributed by atoms with Gasteiger partial charge in [-0.1, -0.05) is 26.2 Å². The van der Waals surface area contributed by atoms with Crippen LogP contribution >= 0.6 is 0 Å². The van der Waals surface area contributed by atoms with Crippen LogP contribution in [-0.4, -0.2) is 60.5 Å². The Balaban J connectivity index is 1.37. The third-order valence-corrected chi connectivity index (χ3v) is 6.47. The number of nitrogens with one attached hydrogen (secondary N) is 1. The van der Waals surface area contributed by atoms with Crippen LogP contribution in [0.2, 0.25) is 0 Å². The summed E-state index contributed by atoms with van der Waals surface area (Å²) in [6.45, 7) is 8.31. The maximum absolute atomic E-state index is 12.5. The molecule has 4 nitrogen and oxygen atoms in total. The summed E-state index contributed by atoms with van der Waals surface area (Å²) in [5, 5.41) is 3.34. The molecular weight excluding hydrogens is 298 g/mol. The highest BCUT2D eigenvalue weighted by molar-refractivity contribution is 5.79. The number of nitrogens with zero attached hydrogens (tertiary/aromatic N) is 2. The van der Waals surface area contributed by atoms with E-state index in [9.17, 15) is 4.79 Å². The summed E-state index contributed by atoms with van der Waals surface area (Å²) in [5.74, 6) is 0.614. The molecule has 1 saturated carbocycles. The molecule has 0 radical (unpaired) electrons. The van der Waals surface area contributed by atoms with E-state index in [1.165, 1.54) is 71.0 Å². The standard InChI is InChI=1S/C20H37N3O/c1-2-12-22-13-10-19(11-14-22)23-15-8-17(9-16-23)20(24)21-18-6-4-3-5-7-18/h17-19H,2-16H2,1H3,(H,21,24). The Morgan fingerprint density at radius 2 is 1.58 bits per heavy atom. The molecule has 24 heavy (non-hydrogen) atoms. The maximum atomic E-state index is 12.5. The molecular formula is C20H37N3O. The number of carbonyl (C=O) groups excluding carboxylic acids is 1. The van der Waals surface area contributed by atoms with Crippen molar-refractivity contribution in [2.24, 2.45) is 5.92 Å². The topological polar surface area (TPSA) is 35.6 Å². The quantitative estimate of drug-likeness (QED) is 0.839. The van der Waals surface area contributed by atoms with Gasteiger partial charge in [0.05, 0.1) is 0 Å². The number of piperidine rings is 2. The Bertz CT molecular complexity index is 378. The minimum atomic E-state index is 0.267. The molecule has 1 aliphatic carbocycles. The van der Waals surface area contributed by atoms with Crippen molar-refractivity contribution in [3.8, 4) is 0 Å². The predicted octanol–water partition coefficient (Wildman–Crippen LogP) is 3.02. The van der Waals surface area contributed by atoms with Crippen LogP contribution in [0.3, 0.4) is 0 Å². The fraction of sp³-hybridized carbons (Fsp3) is 0.950. The number of likely N-dealkylation sites (tertiary alicyclic amines) is 2. The van der Waals surface area contributed by atoms with Gasteiger partial charge in [-0.15, -0.1) is 0 Å². The monoisotopic (exact) mass is 335 g/mol. The molecule has 0 aromatic heterocycles. The van der Waals surface area contributed by atoms with Gasteiger partial charge in [0.1, 0.15) is 0 Å². The fourth-order valence-electron chi connectivity index (χ4n) is 4.92. The van der Waals surface area contributed by atoms with E-state index >= 15 is 0 Å². The van der Waals surface area contributed by atoms with Gasteiger partial charge < -0.3 is 15.1 Å². The molecule has 1 amide bonds. The summed E-state index contributed by atoms with van der Waals surface area (Å²) in [6, 6.07) is 1.23. The molecule has 3 rings (SSSR count). The Kier molecular flexibility index (Phi) is 6.96. The first-order valence-electron chi connectivity index (χ1n) is 10.5. The molecule has 4 heteroatoms. The van der Waals surface area contributed by atoms with Crippen LogP contribution in [0.1, 0.15) is 71.1 Å². The van der Waals surface area contributed by atoms with Gasteiger partial charge in [-0.05, 0) is 77.7 Å². The number of hydrogen-bond donors (Lipinski definition) is 1. The Morgan fingerprint density at radius 1 is 0.917 bits per heavy atom. The number of hydrogen-bond acceptors (Lipinski definition) is 3. The molecule has 0 bridgehead atoms. The van der Waals surface area contributed by atoms with Crippen molar-refractivity contribution in [1.82, 2.24) is 15.1 Å². The average molecular weight is 336 g/mol. The van der Waals surface area contributed by atoms with Gasteiger partial charge in [-0.3, -0.25) is 4.79 Å². The predicted molar refractivity (Wildman–Crippen MR) is 99.1 cm³/mol. The summed E-state index contributed by atoms with van der Waals surface area (Å²) in [6.07, 6.45) is 12.4. The zero-order valence-electron chi connectivity index (χ0n) is 15.6. The van der Waals surface area contributed by atoms with Gasteiger partial charge in [0, 0.05) is 18.0 Å². The zero-order chi connectivity index (χ0) is 16.8. The zero-order valence-corrected chi connectivity index (χ0v) is 15.6. The third kappa shape index (κ3) is 4.95. The van der Waals surface area contributed by atoms with Crippen molar-refractivity contribution in [1.29, 1.82) is 0 Å². The maximum Gasteiger partial charge on any atom is 0.223 e. The van der Waals surface area contributed by atoms with Crippen LogP contribution in [0.15, 0.2) is 0 Å². The molecule has 3 fully saturated rings. The molecule has 0 spiro atoms. The normalized spacial score (nSPS) is 26.5. The number of carbonyl (C=O) groups is 1. The van der Waals surface area contributed by atoms with E-state index in [1.807, 2.05) is 0 Å². The lowest BCUT2D eigenvalue weighted by Gasteiger charge is -2.41. The van der Waals surface area contributed by atoms with E-state index in [1.54, 1.807) is 0 Å². The SMILES string of the molecule is CCCN1CCC(N2CCC(C(=O)NC3CCCCC3)CC2)CC1. The highest BCUT2D eigenvalue weighted by atomic mass is 16.1. The van der Waals surface area contributed by atoms with E-state index in [-0.39, 0.29) is 5.92 Å². The third-order valence-electron chi connectivity index (χ3n) is 6.47. The largest absolute Gasteiger partial charge is 0.353 e. The van der Waals surface area contributed by atoms with Crippen molar-refractivity contribution in [2.45, 2.75) is 83.2 Å². The summed E-state index contributed by atoms with van der Waals surface area (Å²) < 4.78 is 0. The summed E-state index contributed by atoms with van der Waals surface area (Å²) in [4.78, 5) is 17.8. The molecule has 2 aliphatic heterocycles. The first kappa shape index (κ1) is 18.2. The molecule has 2 saturated heterocycles. The number of rotatable bonds is 5. The first-order chi connectivity index (χ1) is 11.8. The van der Waals surface area contributed by atoms with Gasteiger partial charge in [0.15, 0.2) is 0 Å². The van der Waals surface area contributed by atoms with Crippen LogP contribution in [0, 0.1) is 5.92 Å². The first-order valence-corrected chi connectivity index (χ1v) is 10.5. The average Bonchev–Trinajstić information content (AvgIpc) is 2.64. The minimum absolute atomic E-state index is 0.267. The lowest BCUT2D eigenvalue weighted by Crippen LogP contribution is -2.50. The molecule has 1 N–H and O–H groups in total. The molecule has 0 aromatic rings. The van der Waals surface area contributed by atoms with Crippen LogP contribution in [-0.2, 0) is 4.79 Å². The fourth-order valence-corrected chi connectivity index (χ4v) is 4.92. The van der Waals surface area contributed by atoms with Gasteiger partial charge >= 0.3 is 0 Å². The van der Waals surface area contributed by atoms with E-state index in [4.69, 9.17) is 0 Å². The molecule has 0 unspecified atom stereocenters. The number of amides is 1. The van der Waals surface area contributed by atoms with Gasteiger partial charge in [0.25, 0.3) is 0 Å². The van der Waals surface area contributed by atoms with E-state index < -0.39 is 0 Å².